The number of carbonyl (C=O) groups excluding carboxylic acids is 1. The normalized spacial score (nSPS) is 27.0. The van der Waals surface area contributed by atoms with Crippen molar-refractivity contribution in [2.75, 3.05) is 13.2 Å². The van der Waals surface area contributed by atoms with Crippen LogP contribution in [0, 0.1) is 5.92 Å². The molecule has 0 spiro atoms. The van der Waals surface area contributed by atoms with Crippen LogP contribution in [0.2, 0.25) is 0 Å². The minimum atomic E-state index is -0.580. The van der Waals surface area contributed by atoms with Gasteiger partial charge in [-0.15, -0.1) is 0 Å². The smallest absolute Gasteiger partial charge is 0.139 e. The van der Waals surface area contributed by atoms with Crippen molar-refractivity contribution in [1.82, 2.24) is 0 Å². The van der Waals surface area contributed by atoms with E-state index in [0.29, 0.717) is 25.2 Å². The van der Waals surface area contributed by atoms with Crippen LogP contribution < -0.4 is 0 Å². The molecule has 1 saturated heterocycles. The van der Waals surface area contributed by atoms with E-state index in [2.05, 4.69) is 0 Å². The number of carbonyl (C=O) groups is 1. The number of ketones is 1. The highest BCUT2D eigenvalue weighted by atomic mass is 16.5. The van der Waals surface area contributed by atoms with E-state index in [1.807, 2.05) is 34.6 Å². The maximum absolute atomic E-state index is 12.3. The highest BCUT2D eigenvalue weighted by molar-refractivity contribution is 5.82. The molecule has 0 radical (unpaired) electrons. The third kappa shape index (κ3) is 7.04. The van der Waals surface area contributed by atoms with Gasteiger partial charge in [0.25, 0.3) is 0 Å². The number of rotatable bonds is 8. The molecule has 0 saturated carbocycles. The SMILES string of the molecule is CC(C)=C(C)CC(=O)C(C)CCC[C@]1(C)OC/C(=C/CO)CC[C@H]1O. The Kier molecular flexibility index (Phi) is 9.04. The first kappa shape index (κ1) is 22.1. The van der Waals surface area contributed by atoms with Crippen molar-refractivity contribution in [3.8, 4) is 0 Å². The van der Waals surface area contributed by atoms with Gasteiger partial charge in [-0.1, -0.05) is 24.1 Å². The number of hydrogen-bond acceptors (Lipinski definition) is 4. The maximum Gasteiger partial charge on any atom is 0.139 e. The Balaban J connectivity index is 2.51. The van der Waals surface area contributed by atoms with Gasteiger partial charge in [0.15, 0.2) is 0 Å². The van der Waals surface area contributed by atoms with Crippen molar-refractivity contribution in [2.24, 2.45) is 5.92 Å². The molecular formula is C21H36O4. The third-order valence-electron chi connectivity index (χ3n) is 5.56. The lowest BCUT2D eigenvalue weighted by atomic mass is 9.87. The second-order valence-electron chi connectivity index (χ2n) is 7.92. The van der Waals surface area contributed by atoms with Crippen molar-refractivity contribution in [1.29, 1.82) is 0 Å². The van der Waals surface area contributed by atoms with Crippen LogP contribution >= 0.6 is 0 Å². The van der Waals surface area contributed by atoms with E-state index < -0.39 is 11.7 Å². The first-order chi connectivity index (χ1) is 11.7. The Labute approximate surface area is 153 Å². The van der Waals surface area contributed by atoms with E-state index in [1.165, 1.54) is 5.57 Å². The van der Waals surface area contributed by atoms with E-state index in [4.69, 9.17) is 9.84 Å². The number of aliphatic hydroxyl groups is 2. The molecule has 1 rings (SSSR count). The van der Waals surface area contributed by atoms with Gasteiger partial charge in [0, 0.05) is 12.3 Å². The molecule has 0 aromatic rings. The largest absolute Gasteiger partial charge is 0.392 e. The molecule has 4 nitrogen and oxygen atoms in total. The van der Waals surface area contributed by atoms with Gasteiger partial charge in [0.05, 0.1) is 24.9 Å². The number of allylic oxidation sites excluding steroid dienone is 2. The molecule has 1 aliphatic rings. The molecule has 2 N–H and O–H groups in total. The van der Waals surface area contributed by atoms with Crippen LogP contribution in [-0.4, -0.2) is 40.9 Å². The lowest BCUT2D eigenvalue weighted by Crippen LogP contribution is -2.41. The molecule has 0 aromatic heterocycles. The molecule has 1 unspecified atom stereocenters. The molecule has 0 aliphatic carbocycles. The van der Waals surface area contributed by atoms with Gasteiger partial charge in [0.2, 0.25) is 0 Å². The Morgan fingerprint density at radius 2 is 2.08 bits per heavy atom. The molecule has 4 heteroatoms. The van der Waals surface area contributed by atoms with Gasteiger partial charge in [-0.3, -0.25) is 4.79 Å². The molecule has 0 bridgehead atoms. The Morgan fingerprint density at radius 3 is 2.68 bits per heavy atom. The Hall–Kier alpha value is -0.970. The topological polar surface area (TPSA) is 66.8 Å². The van der Waals surface area contributed by atoms with Crippen molar-refractivity contribution < 1.29 is 19.7 Å². The average Bonchev–Trinajstić information content (AvgIpc) is 2.69. The van der Waals surface area contributed by atoms with Gasteiger partial charge < -0.3 is 14.9 Å². The van der Waals surface area contributed by atoms with Gasteiger partial charge >= 0.3 is 0 Å². The van der Waals surface area contributed by atoms with E-state index in [9.17, 15) is 9.90 Å². The van der Waals surface area contributed by atoms with Gasteiger partial charge in [-0.2, -0.15) is 0 Å². The Bertz CT molecular complexity index is 502. The standard InChI is InChI=1S/C21H36O4/c1-15(2)17(4)13-19(23)16(3)7-6-11-21(5)20(24)9-8-18(10-12-22)14-25-21/h10,16,20,22,24H,6-9,11-14H2,1-5H3/b18-10+/t16?,20-,21+/m1/s1. The maximum atomic E-state index is 12.3. The van der Waals surface area contributed by atoms with Crippen molar-refractivity contribution in [3.05, 3.63) is 22.8 Å². The van der Waals surface area contributed by atoms with E-state index >= 15 is 0 Å². The summed E-state index contributed by atoms with van der Waals surface area (Å²) < 4.78 is 5.98. The fourth-order valence-corrected chi connectivity index (χ4v) is 3.11. The number of aliphatic hydroxyl groups excluding tert-OH is 2. The van der Waals surface area contributed by atoms with Crippen LogP contribution in [0.4, 0.5) is 0 Å². The summed E-state index contributed by atoms with van der Waals surface area (Å²) >= 11 is 0. The zero-order valence-electron chi connectivity index (χ0n) is 16.6. The van der Waals surface area contributed by atoms with E-state index in [0.717, 1.165) is 36.8 Å². The second-order valence-corrected chi connectivity index (χ2v) is 7.92. The van der Waals surface area contributed by atoms with Crippen LogP contribution in [0.25, 0.3) is 0 Å². The molecule has 1 fully saturated rings. The van der Waals surface area contributed by atoms with Crippen molar-refractivity contribution >= 4 is 5.78 Å². The molecule has 144 valence electrons. The Morgan fingerprint density at radius 1 is 1.40 bits per heavy atom. The molecule has 0 amide bonds. The number of hydrogen-bond donors (Lipinski definition) is 2. The summed E-state index contributed by atoms with van der Waals surface area (Å²) in [6, 6.07) is 0. The fourth-order valence-electron chi connectivity index (χ4n) is 3.11. The van der Waals surface area contributed by atoms with Crippen molar-refractivity contribution in [2.45, 2.75) is 84.8 Å². The van der Waals surface area contributed by atoms with E-state index in [-0.39, 0.29) is 12.5 Å². The fraction of sp³-hybridized carbons (Fsp3) is 0.762. The highest BCUT2D eigenvalue weighted by Crippen LogP contribution is 2.32. The summed E-state index contributed by atoms with van der Waals surface area (Å²) in [7, 11) is 0. The van der Waals surface area contributed by atoms with E-state index in [1.54, 1.807) is 6.08 Å². The highest BCUT2D eigenvalue weighted by Gasteiger charge is 2.36. The molecule has 1 heterocycles. The molecule has 3 atom stereocenters. The summed E-state index contributed by atoms with van der Waals surface area (Å²) in [4.78, 5) is 12.3. The van der Waals surface area contributed by atoms with Gasteiger partial charge in [-0.05, 0) is 65.4 Å². The van der Waals surface area contributed by atoms with Crippen LogP contribution in [0.15, 0.2) is 22.8 Å². The summed E-state index contributed by atoms with van der Waals surface area (Å²) in [5.74, 6) is 0.324. The molecular weight excluding hydrogens is 316 g/mol. The summed E-state index contributed by atoms with van der Waals surface area (Å²) in [6.45, 7) is 10.5. The molecule has 25 heavy (non-hydrogen) atoms. The van der Waals surface area contributed by atoms with Crippen LogP contribution in [-0.2, 0) is 9.53 Å². The minimum absolute atomic E-state index is 0.0101. The first-order valence-electron chi connectivity index (χ1n) is 9.46. The molecule has 0 aromatic carbocycles. The number of ether oxygens (including phenoxy) is 1. The van der Waals surface area contributed by atoms with Crippen LogP contribution in [0.5, 0.6) is 0 Å². The first-order valence-corrected chi connectivity index (χ1v) is 9.46. The third-order valence-corrected chi connectivity index (χ3v) is 5.56. The van der Waals surface area contributed by atoms with Gasteiger partial charge in [0.1, 0.15) is 5.78 Å². The summed E-state index contributed by atoms with van der Waals surface area (Å²) in [5, 5.41) is 19.5. The average molecular weight is 353 g/mol. The zero-order valence-corrected chi connectivity index (χ0v) is 16.6. The second kappa shape index (κ2) is 10.2. The lowest BCUT2D eigenvalue weighted by Gasteiger charge is -2.33. The predicted molar refractivity (Wildman–Crippen MR) is 101 cm³/mol. The molecule has 1 aliphatic heterocycles. The lowest BCUT2D eigenvalue weighted by molar-refractivity contribution is -0.122. The number of Topliss-reactive ketones (excluding diaryl/α,β-unsaturated/α-hetero) is 1. The minimum Gasteiger partial charge on any atom is -0.392 e. The van der Waals surface area contributed by atoms with Gasteiger partial charge in [-0.25, -0.2) is 0 Å². The van der Waals surface area contributed by atoms with Crippen molar-refractivity contribution in [3.63, 3.8) is 0 Å². The summed E-state index contributed by atoms with van der Waals surface area (Å²) in [5.41, 5.74) is 2.85. The zero-order chi connectivity index (χ0) is 19.0. The van der Waals surface area contributed by atoms with Crippen LogP contribution in [0.1, 0.15) is 73.1 Å². The van der Waals surface area contributed by atoms with Crippen LogP contribution in [0.3, 0.4) is 0 Å². The predicted octanol–water partition coefficient (Wildman–Crippen LogP) is 3.96. The quantitative estimate of drug-likeness (QED) is 0.649. The summed E-state index contributed by atoms with van der Waals surface area (Å²) in [6.07, 6.45) is 5.61. The monoisotopic (exact) mass is 352 g/mol.